The number of hydrogen-bond acceptors (Lipinski definition) is 6. The summed E-state index contributed by atoms with van der Waals surface area (Å²) in [6, 6.07) is 5.79. The Labute approximate surface area is 163 Å². The number of thioether (sulfide) groups is 1. The van der Waals surface area contributed by atoms with Gasteiger partial charge in [-0.15, -0.1) is 10.2 Å². The Balaban J connectivity index is 1.68. The average Bonchev–Trinajstić information content (AvgIpc) is 3.06. The molecule has 0 spiro atoms. The van der Waals surface area contributed by atoms with E-state index >= 15 is 0 Å². The summed E-state index contributed by atoms with van der Waals surface area (Å²) in [6.45, 7) is 4.67. The van der Waals surface area contributed by atoms with E-state index in [-0.39, 0.29) is 11.7 Å². The van der Waals surface area contributed by atoms with E-state index < -0.39 is 0 Å². The van der Waals surface area contributed by atoms with Gasteiger partial charge in [-0.2, -0.15) is 0 Å². The van der Waals surface area contributed by atoms with Gasteiger partial charge in [0.1, 0.15) is 5.69 Å². The molecule has 0 unspecified atom stereocenters. The van der Waals surface area contributed by atoms with Crippen LogP contribution in [0.25, 0.3) is 11.5 Å². The molecule has 1 amide bonds. The van der Waals surface area contributed by atoms with Crippen LogP contribution in [0.4, 0.5) is 5.69 Å². The molecule has 0 radical (unpaired) electrons. The zero-order valence-electron chi connectivity index (χ0n) is 14.3. The maximum absolute atomic E-state index is 12.3. The van der Waals surface area contributed by atoms with E-state index in [9.17, 15) is 4.79 Å². The summed E-state index contributed by atoms with van der Waals surface area (Å²) >= 11 is 4.80. The third kappa shape index (κ3) is 4.28. The number of aromatic nitrogens is 5. The highest BCUT2D eigenvalue weighted by Crippen LogP contribution is 2.25. The van der Waals surface area contributed by atoms with E-state index in [0.717, 1.165) is 15.7 Å². The molecule has 0 fully saturated rings. The van der Waals surface area contributed by atoms with Gasteiger partial charge >= 0.3 is 0 Å². The molecule has 0 bridgehead atoms. The van der Waals surface area contributed by atoms with E-state index in [0.29, 0.717) is 23.2 Å². The minimum absolute atomic E-state index is 0.105. The van der Waals surface area contributed by atoms with E-state index in [2.05, 4.69) is 41.4 Å². The number of aryl methyl sites for hydroxylation is 1. The number of carbonyl (C=O) groups excluding carboxylic acids is 1. The summed E-state index contributed by atoms with van der Waals surface area (Å²) in [7, 11) is 0. The van der Waals surface area contributed by atoms with Crippen molar-refractivity contribution in [2.45, 2.75) is 25.5 Å². The van der Waals surface area contributed by atoms with Gasteiger partial charge in [-0.1, -0.05) is 17.8 Å². The van der Waals surface area contributed by atoms with Crippen molar-refractivity contribution in [3.8, 4) is 11.5 Å². The van der Waals surface area contributed by atoms with Crippen molar-refractivity contribution >= 4 is 39.3 Å². The van der Waals surface area contributed by atoms with Crippen molar-refractivity contribution in [3.05, 3.63) is 46.8 Å². The number of anilines is 1. The Morgan fingerprint density at radius 1 is 1.31 bits per heavy atom. The molecule has 0 saturated heterocycles. The van der Waals surface area contributed by atoms with Gasteiger partial charge in [0, 0.05) is 23.4 Å². The zero-order valence-corrected chi connectivity index (χ0v) is 16.7. The number of hydrogen-bond donors (Lipinski definition) is 1. The van der Waals surface area contributed by atoms with Crippen LogP contribution in [0.1, 0.15) is 12.5 Å². The fraction of sp³-hybridized carbons (Fsp3) is 0.235. The summed E-state index contributed by atoms with van der Waals surface area (Å²) in [5.41, 5.74) is 2.52. The van der Waals surface area contributed by atoms with Gasteiger partial charge in [-0.25, -0.2) is 4.98 Å². The Morgan fingerprint density at radius 2 is 2.15 bits per heavy atom. The number of rotatable bonds is 6. The van der Waals surface area contributed by atoms with Crippen molar-refractivity contribution in [2.75, 3.05) is 11.1 Å². The van der Waals surface area contributed by atoms with Crippen LogP contribution in [0.2, 0.25) is 0 Å². The lowest BCUT2D eigenvalue weighted by molar-refractivity contribution is -0.113. The number of benzene rings is 1. The highest BCUT2D eigenvalue weighted by atomic mass is 79.9. The van der Waals surface area contributed by atoms with Crippen molar-refractivity contribution in [1.82, 2.24) is 24.7 Å². The second-order valence-electron chi connectivity index (χ2n) is 5.46. The van der Waals surface area contributed by atoms with Gasteiger partial charge in [0.2, 0.25) is 5.91 Å². The Bertz CT molecular complexity index is 915. The lowest BCUT2D eigenvalue weighted by Crippen LogP contribution is -2.15. The molecule has 2 heterocycles. The first-order chi connectivity index (χ1) is 12.6. The third-order valence-electron chi connectivity index (χ3n) is 3.56. The van der Waals surface area contributed by atoms with Crippen LogP contribution in [-0.2, 0) is 11.3 Å². The van der Waals surface area contributed by atoms with Crippen LogP contribution in [0.5, 0.6) is 0 Å². The minimum Gasteiger partial charge on any atom is -0.324 e. The summed E-state index contributed by atoms with van der Waals surface area (Å²) in [6.07, 6.45) is 4.87. The molecule has 0 aliphatic heterocycles. The molecule has 3 aromatic rings. The van der Waals surface area contributed by atoms with Gasteiger partial charge in [-0.05, 0) is 47.5 Å². The number of nitrogens with one attached hydrogen (secondary N) is 1. The number of halogens is 1. The molecule has 0 aliphatic carbocycles. The fourth-order valence-electron chi connectivity index (χ4n) is 2.32. The standard InChI is InChI=1S/C17H17BrN6OS/c1-3-24-16(14-9-19-6-7-20-14)22-23-17(24)26-10-15(25)21-13-5-4-11(2)8-12(13)18/h4-9H,3,10H2,1-2H3,(H,21,25). The van der Waals surface area contributed by atoms with Crippen LogP contribution in [0.15, 0.2) is 46.4 Å². The molecule has 134 valence electrons. The molecule has 2 aromatic heterocycles. The number of nitrogens with zero attached hydrogens (tertiary/aromatic N) is 5. The first kappa shape index (κ1) is 18.5. The largest absolute Gasteiger partial charge is 0.324 e. The monoisotopic (exact) mass is 432 g/mol. The van der Waals surface area contributed by atoms with E-state index in [1.807, 2.05) is 36.6 Å². The van der Waals surface area contributed by atoms with Gasteiger partial charge < -0.3 is 9.88 Å². The molecule has 7 nitrogen and oxygen atoms in total. The molecule has 26 heavy (non-hydrogen) atoms. The Morgan fingerprint density at radius 3 is 2.85 bits per heavy atom. The Hall–Kier alpha value is -2.26. The molecule has 1 aromatic carbocycles. The van der Waals surface area contributed by atoms with Gasteiger partial charge in [0.15, 0.2) is 11.0 Å². The zero-order chi connectivity index (χ0) is 18.5. The fourth-order valence-corrected chi connectivity index (χ4v) is 3.72. The van der Waals surface area contributed by atoms with E-state index in [4.69, 9.17) is 0 Å². The quantitative estimate of drug-likeness (QED) is 0.599. The summed E-state index contributed by atoms with van der Waals surface area (Å²) in [4.78, 5) is 20.6. The second-order valence-corrected chi connectivity index (χ2v) is 7.26. The topological polar surface area (TPSA) is 85.6 Å². The van der Waals surface area contributed by atoms with Gasteiger partial charge in [0.25, 0.3) is 0 Å². The highest BCUT2D eigenvalue weighted by molar-refractivity contribution is 9.10. The van der Waals surface area contributed by atoms with Crippen molar-refractivity contribution in [2.24, 2.45) is 0 Å². The van der Waals surface area contributed by atoms with Crippen molar-refractivity contribution in [3.63, 3.8) is 0 Å². The van der Waals surface area contributed by atoms with Crippen LogP contribution < -0.4 is 5.32 Å². The smallest absolute Gasteiger partial charge is 0.234 e. The molecular weight excluding hydrogens is 416 g/mol. The summed E-state index contributed by atoms with van der Waals surface area (Å²) in [5, 5.41) is 12.0. The summed E-state index contributed by atoms with van der Waals surface area (Å²) < 4.78 is 2.78. The molecule has 3 rings (SSSR count). The number of amides is 1. The first-order valence-corrected chi connectivity index (χ1v) is 9.74. The third-order valence-corrected chi connectivity index (χ3v) is 5.18. The van der Waals surface area contributed by atoms with Crippen molar-refractivity contribution < 1.29 is 4.79 Å². The second kappa shape index (κ2) is 8.41. The predicted molar refractivity (Wildman–Crippen MR) is 105 cm³/mol. The van der Waals surface area contributed by atoms with Crippen LogP contribution in [-0.4, -0.2) is 36.4 Å². The Kier molecular flexibility index (Phi) is 6.00. The van der Waals surface area contributed by atoms with Crippen molar-refractivity contribution in [1.29, 1.82) is 0 Å². The highest BCUT2D eigenvalue weighted by Gasteiger charge is 2.16. The van der Waals surface area contributed by atoms with E-state index in [1.165, 1.54) is 11.8 Å². The lowest BCUT2D eigenvalue weighted by Gasteiger charge is -2.09. The molecule has 0 aliphatic rings. The molecule has 0 atom stereocenters. The SMILES string of the molecule is CCn1c(SCC(=O)Nc2ccc(C)cc2Br)nnc1-c1cnccn1. The summed E-state index contributed by atoms with van der Waals surface area (Å²) in [5.74, 6) is 0.773. The molecular formula is C17H17BrN6OS. The van der Waals surface area contributed by atoms with Crippen LogP contribution >= 0.6 is 27.7 Å². The minimum atomic E-state index is -0.105. The van der Waals surface area contributed by atoms with Gasteiger partial charge in [-0.3, -0.25) is 9.78 Å². The van der Waals surface area contributed by atoms with Crippen LogP contribution in [0, 0.1) is 6.92 Å². The lowest BCUT2D eigenvalue weighted by atomic mass is 10.2. The van der Waals surface area contributed by atoms with E-state index in [1.54, 1.807) is 18.6 Å². The molecule has 9 heteroatoms. The maximum atomic E-state index is 12.3. The molecule has 0 saturated carbocycles. The molecule has 1 N–H and O–H groups in total. The normalized spacial score (nSPS) is 10.7. The maximum Gasteiger partial charge on any atom is 0.234 e. The first-order valence-electron chi connectivity index (χ1n) is 7.97. The van der Waals surface area contributed by atoms with Crippen LogP contribution in [0.3, 0.4) is 0 Å². The number of carbonyl (C=O) groups is 1. The predicted octanol–water partition coefficient (Wildman–Crippen LogP) is 3.56. The average molecular weight is 433 g/mol. The van der Waals surface area contributed by atoms with Gasteiger partial charge in [0.05, 0.1) is 17.6 Å².